The zero-order chi connectivity index (χ0) is 17.4. The Morgan fingerprint density at radius 1 is 1.28 bits per heavy atom. The lowest BCUT2D eigenvalue weighted by atomic mass is 9.89. The van der Waals surface area contributed by atoms with Crippen molar-refractivity contribution in [2.24, 2.45) is 5.92 Å². The van der Waals surface area contributed by atoms with Gasteiger partial charge in [-0.05, 0) is 18.8 Å². The Kier molecular flexibility index (Phi) is 4.37. The SMILES string of the molecule is CC(C)(C)c1nocc1Cn1cc(C(C2CC2)N2CCNCC2)nn1. The van der Waals surface area contributed by atoms with E-state index in [4.69, 9.17) is 4.52 Å². The lowest BCUT2D eigenvalue weighted by Crippen LogP contribution is -2.45. The Morgan fingerprint density at radius 2 is 2.04 bits per heavy atom. The van der Waals surface area contributed by atoms with E-state index in [1.165, 1.54) is 12.8 Å². The van der Waals surface area contributed by atoms with Crippen molar-refractivity contribution in [1.82, 2.24) is 30.4 Å². The van der Waals surface area contributed by atoms with Gasteiger partial charge >= 0.3 is 0 Å². The summed E-state index contributed by atoms with van der Waals surface area (Å²) in [5.41, 5.74) is 3.14. The van der Waals surface area contributed by atoms with Gasteiger partial charge in [0.15, 0.2) is 0 Å². The first kappa shape index (κ1) is 16.7. The van der Waals surface area contributed by atoms with E-state index in [-0.39, 0.29) is 5.41 Å². The summed E-state index contributed by atoms with van der Waals surface area (Å²) in [4.78, 5) is 2.57. The number of aromatic nitrogens is 4. The Balaban J connectivity index is 1.52. The topological polar surface area (TPSA) is 72.0 Å². The maximum absolute atomic E-state index is 5.22. The van der Waals surface area contributed by atoms with Gasteiger partial charge in [0.1, 0.15) is 12.0 Å². The Bertz CT molecular complexity index is 705. The average molecular weight is 344 g/mol. The maximum Gasteiger partial charge on any atom is 0.129 e. The number of rotatable bonds is 5. The molecule has 3 heterocycles. The first-order chi connectivity index (χ1) is 12.0. The molecule has 2 aliphatic rings. The van der Waals surface area contributed by atoms with Crippen LogP contribution in [0.4, 0.5) is 0 Å². The fourth-order valence-corrected chi connectivity index (χ4v) is 3.79. The summed E-state index contributed by atoms with van der Waals surface area (Å²) in [5.74, 6) is 0.740. The monoisotopic (exact) mass is 344 g/mol. The van der Waals surface area contributed by atoms with Gasteiger partial charge in [0.05, 0.1) is 24.5 Å². The minimum absolute atomic E-state index is 0.0386. The molecule has 2 aromatic heterocycles. The van der Waals surface area contributed by atoms with Crippen molar-refractivity contribution in [2.75, 3.05) is 26.2 Å². The predicted molar refractivity (Wildman–Crippen MR) is 94.2 cm³/mol. The molecule has 25 heavy (non-hydrogen) atoms. The molecule has 2 fully saturated rings. The molecule has 136 valence electrons. The summed E-state index contributed by atoms with van der Waals surface area (Å²) in [6.45, 7) is 11.4. The smallest absolute Gasteiger partial charge is 0.129 e. The molecule has 4 rings (SSSR count). The van der Waals surface area contributed by atoms with Gasteiger partial charge in [0.2, 0.25) is 0 Å². The number of nitrogens with zero attached hydrogens (tertiary/aromatic N) is 5. The quantitative estimate of drug-likeness (QED) is 0.894. The molecule has 0 aromatic carbocycles. The number of piperazine rings is 1. The van der Waals surface area contributed by atoms with Crippen LogP contribution in [-0.4, -0.2) is 51.2 Å². The minimum atomic E-state index is -0.0386. The van der Waals surface area contributed by atoms with Crippen molar-refractivity contribution in [3.8, 4) is 0 Å². The summed E-state index contributed by atoms with van der Waals surface area (Å²) in [6.07, 6.45) is 6.46. The second-order valence-corrected chi connectivity index (χ2v) is 8.35. The normalized spacial score (nSPS) is 20.8. The molecule has 1 unspecified atom stereocenters. The Morgan fingerprint density at radius 3 is 2.72 bits per heavy atom. The predicted octanol–water partition coefficient (Wildman–Crippen LogP) is 1.97. The van der Waals surface area contributed by atoms with Crippen LogP contribution in [0.3, 0.4) is 0 Å². The van der Waals surface area contributed by atoms with Gasteiger partial charge < -0.3 is 9.84 Å². The minimum Gasteiger partial charge on any atom is -0.364 e. The first-order valence-electron chi connectivity index (χ1n) is 9.31. The van der Waals surface area contributed by atoms with Crippen LogP contribution >= 0.6 is 0 Å². The van der Waals surface area contributed by atoms with Gasteiger partial charge in [0.25, 0.3) is 0 Å². The van der Waals surface area contributed by atoms with E-state index in [9.17, 15) is 0 Å². The van der Waals surface area contributed by atoms with Crippen LogP contribution in [0.15, 0.2) is 17.0 Å². The Hall–Kier alpha value is -1.73. The van der Waals surface area contributed by atoms with Crippen molar-refractivity contribution in [3.63, 3.8) is 0 Å². The third-order valence-corrected chi connectivity index (χ3v) is 5.16. The third kappa shape index (κ3) is 3.62. The summed E-state index contributed by atoms with van der Waals surface area (Å²) in [7, 11) is 0. The first-order valence-corrected chi connectivity index (χ1v) is 9.31. The van der Waals surface area contributed by atoms with Crippen LogP contribution in [0.25, 0.3) is 0 Å². The van der Waals surface area contributed by atoms with Crippen molar-refractivity contribution in [2.45, 2.75) is 51.6 Å². The lowest BCUT2D eigenvalue weighted by molar-refractivity contribution is 0.153. The summed E-state index contributed by atoms with van der Waals surface area (Å²) in [6, 6.07) is 0.417. The van der Waals surface area contributed by atoms with Crippen LogP contribution in [0.5, 0.6) is 0 Å². The second kappa shape index (κ2) is 6.53. The highest BCUT2D eigenvalue weighted by Crippen LogP contribution is 2.44. The molecule has 1 N–H and O–H groups in total. The molecule has 1 aliphatic carbocycles. The molecule has 0 amide bonds. The van der Waals surface area contributed by atoms with Crippen molar-refractivity contribution < 1.29 is 4.52 Å². The van der Waals surface area contributed by atoms with Crippen molar-refractivity contribution >= 4 is 0 Å². The zero-order valence-electron chi connectivity index (χ0n) is 15.4. The standard InChI is InChI=1S/C18H28N6O/c1-18(2,3)17-14(12-25-21-17)10-24-11-15(20-22-24)16(13-4-5-13)23-8-6-19-7-9-23/h11-13,16,19H,4-10H2,1-3H3. The van der Waals surface area contributed by atoms with Gasteiger partial charge in [-0.3, -0.25) is 4.90 Å². The van der Waals surface area contributed by atoms with Gasteiger partial charge in [-0.1, -0.05) is 31.1 Å². The number of hydrogen-bond donors (Lipinski definition) is 1. The van der Waals surface area contributed by atoms with E-state index in [1.807, 2.05) is 4.68 Å². The van der Waals surface area contributed by atoms with Crippen LogP contribution in [0.1, 0.15) is 56.6 Å². The van der Waals surface area contributed by atoms with E-state index < -0.39 is 0 Å². The van der Waals surface area contributed by atoms with Gasteiger partial charge in [-0.15, -0.1) is 5.10 Å². The summed E-state index contributed by atoms with van der Waals surface area (Å²) >= 11 is 0. The molecular formula is C18H28N6O. The van der Waals surface area contributed by atoms with Gasteiger partial charge in [-0.25, -0.2) is 4.68 Å². The second-order valence-electron chi connectivity index (χ2n) is 8.35. The van der Waals surface area contributed by atoms with Crippen LogP contribution < -0.4 is 5.32 Å². The average Bonchev–Trinajstić information content (AvgIpc) is 3.10. The Labute approximate surface area is 148 Å². The number of nitrogens with one attached hydrogen (secondary N) is 1. The van der Waals surface area contributed by atoms with Crippen molar-refractivity contribution in [1.29, 1.82) is 0 Å². The maximum atomic E-state index is 5.22. The molecule has 7 heteroatoms. The molecule has 7 nitrogen and oxygen atoms in total. The van der Waals surface area contributed by atoms with Gasteiger partial charge in [-0.2, -0.15) is 0 Å². The van der Waals surface area contributed by atoms with Crippen LogP contribution in [-0.2, 0) is 12.0 Å². The van der Waals surface area contributed by atoms with E-state index >= 15 is 0 Å². The van der Waals surface area contributed by atoms with Crippen molar-refractivity contribution in [3.05, 3.63) is 29.4 Å². The molecule has 0 bridgehead atoms. The molecular weight excluding hydrogens is 316 g/mol. The summed E-state index contributed by atoms with van der Waals surface area (Å²) in [5, 5.41) is 16.5. The fourth-order valence-electron chi connectivity index (χ4n) is 3.79. The summed E-state index contributed by atoms with van der Waals surface area (Å²) < 4.78 is 7.14. The highest BCUT2D eigenvalue weighted by Gasteiger charge is 2.38. The molecule has 1 aliphatic heterocycles. The lowest BCUT2D eigenvalue weighted by Gasteiger charge is -2.33. The van der Waals surface area contributed by atoms with Crippen LogP contribution in [0, 0.1) is 5.92 Å². The van der Waals surface area contributed by atoms with E-state index in [0.717, 1.165) is 49.0 Å². The molecule has 1 saturated carbocycles. The molecule has 0 spiro atoms. The van der Waals surface area contributed by atoms with E-state index in [0.29, 0.717) is 12.6 Å². The molecule has 1 saturated heterocycles. The zero-order valence-corrected chi connectivity index (χ0v) is 15.4. The molecule has 2 aromatic rings. The molecule has 1 atom stereocenters. The van der Waals surface area contributed by atoms with Crippen LogP contribution in [0.2, 0.25) is 0 Å². The van der Waals surface area contributed by atoms with Gasteiger partial charge in [0, 0.05) is 37.2 Å². The number of hydrogen-bond acceptors (Lipinski definition) is 6. The van der Waals surface area contributed by atoms with E-state index in [1.54, 1.807) is 6.26 Å². The largest absolute Gasteiger partial charge is 0.364 e. The van der Waals surface area contributed by atoms with E-state index in [2.05, 4.69) is 52.7 Å². The highest BCUT2D eigenvalue weighted by atomic mass is 16.5. The third-order valence-electron chi connectivity index (χ3n) is 5.16. The molecule has 0 radical (unpaired) electrons. The fraction of sp³-hybridized carbons (Fsp3) is 0.722. The highest BCUT2D eigenvalue weighted by molar-refractivity contribution is 5.22.